The third-order valence-corrected chi connectivity index (χ3v) is 7.41. The zero-order chi connectivity index (χ0) is 26.5. The Bertz CT molecular complexity index is 1160. The number of aromatic amines is 1. The van der Waals surface area contributed by atoms with Crippen molar-refractivity contribution in [1.82, 2.24) is 26.0 Å². The van der Waals surface area contributed by atoms with Crippen LogP contribution < -0.4 is 20.7 Å². The molecule has 2 aromatic rings. The smallest absolute Gasteiger partial charge is 0.268 e. The maximum atomic E-state index is 13.6. The lowest BCUT2D eigenvalue weighted by Gasteiger charge is -2.28. The summed E-state index contributed by atoms with van der Waals surface area (Å²) in [6, 6.07) is 5.38. The van der Waals surface area contributed by atoms with Gasteiger partial charge in [-0.2, -0.15) is 0 Å². The number of methoxy groups -OCH3 is 1. The van der Waals surface area contributed by atoms with Crippen molar-refractivity contribution >= 4 is 34.5 Å². The van der Waals surface area contributed by atoms with E-state index in [2.05, 4.69) is 20.9 Å². The van der Waals surface area contributed by atoms with Crippen molar-refractivity contribution in [1.29, 1.82) is 0 Å². The summed E-state index contributed by atoms with van der Waals surface area (Å²) in [6.45, 7) is 0.536. The molecule has 3 atom stereocenters. The van der Waals surface area contributed by atoms with E-state index in [1.165, 1.54) is 14.2 Å². The zero-order valence-corrected chi connectivity index (χ0v) is 21.5. The number of hydrogen-bond donors (Lipinski definition) is 4. The zero-order valence-electron chi connectivity index (χ0n) is 21.5. The van der Waals surface area contributed by atoms with Crippen LogP contribution in [0.25, 0.3) is 10.9 Å². The summed E-state index contributed by atoms with van der Waals surface area (Å²) in [5.74, 6) is -1.28. The standard InChI is InChI=1S/C26H35N5O6/c1-31(37-3)26(35)20(13-16-11-12-27-23(16)32)29-25(34)22(15-7-4-5-8-15)30-24(33)19-14-17-18(28-19)9-6-10-21(17)36-2/h6,9-10,14-16,20,22,28H,4-5,7-8,11-13H2,1-3H3,(H,27,32)(H,29,34)(H,30,33)/t16-,20-,22-/m0/s1. The molecule has 2 aliphatic rings. The maximum absolute atomic E-state index is 13.6. The summed E-state index contributed by atoms with van der Waals surface area (Å²) < 4.78 is 5.39. The molecule has 0 bridgehead atoms. The predicted octanol–water partition coefficient (Wildman–Crippen LogP) is 1.50. The molecule has 1 aliphatic carbocycles. The summed E-state index contributed by atoms with van der Waals surface area (Å²) in [5, 5.41) is 10.3. The number of carbonyl (C=O) groups is 4. The van der Waals surface area contributed by atoms with Gasteiger partial charge in [0, 0.05) is 30.4 Å². The number of fused-ring (bicyclic) bond motifs is 1. The number of benzene rings is 1. The lowest BCUT2D eigenvalue weighted by Crippen LogP contribution is -2.56. The van der Waals surface area contributed by atoms with Crippen molar-refractivity contribution in [2.75, 3.05) is 27.8 Å². The molecule has 200 valence electrons. The summed E-state index contributed by atoms with van der Waals surface area (Å²) in [7, 11) is 4.38. The van der Waals surface area contributed by atoms with E-state index in [4.69, 9.17) is 9.57 Å². The molecule has 2 fully saturated rings. The Balaban J connectivity index is 1.54. The molecule has 0 unspecified atom stereocenters. The fourth-order valence-corrected chi connectivity index (χ4v) is 5.28. The monoisotopic (exact) mass is 513 g/mol. The van der Waals surface area contributed by atoms with Crippen LogP contribution in [0.4, 0.5) is 0 Å². The second-order valence-electron chi connectivity index (χ2n) is 9.69. The first-order valence-corrected chi connectivity index (χ1v) is 12.7. The van der Waals surface area contributed by atoms with Crippen LogP contribution in [0.15, 0.2) is 24.3 Å². The van der Waals surface area contributed by atoms with Crippen LogP contribution in [-0.4, -0.2) is 73.6 Å². The van der Waals surface area contributed by atoms with Crippen LogP contribution in [0.1, 0.15) is 49.0 Å². The molecular weight excluding hydrogens is 478 g/mol. The van der Waals surface area contributed by atoms with Crippen LogP contribution in [-0.2, 0) is 19.2 Å². The molecule has 4 amide bonds. The highest BCUT2D eigenvalue weighted by Gasteiger charge is 2.37. The molecule has 1 aliphatic heterocycles. The van der Waals surface area contributed by atoms with E-state index >= 15 is 0 Å². The largest absolute Gasteiger partial charge is 0.496 e. The van der Waals surface area contributed by atoms with Gasteiger partial charge in [0.1, 0.15) is 23.5 Å². The Kier molecular flexibility index (Phi) is 8.32. The molecule has 1 aromatic heterocycles. The summed E-state index contributed by atoms with van der Waals surface area (Å²) in [6.07, 6.45) is 4.25. The van der Waals surface area contributed by atoms with Crippen LogP contribution in [0.2, 0.25) is 0 Å². The van der Waals surface area contributed by atoms with Crippen molar-refractivity contribution in [3.05, 3.63) is 30.0 Å². The highest BCUT2D eigenvalue weighted by atomic mass is 16.7. The second-order valence-corrected chi connectivity index (χ2v) is 9.69. The first-order valence-electron chi connectivity index (χ1n) is 12.7. The Labute approximate surface area is 215 Å². The van der Waals surface area contributed by atoms with Crippen molar-refractivity contribution in [3.8, 4) is 5.75 Å². The SMILES string of the molecule is COc1cccc2[nH]c(C(=O)N[C@H](C(=O)N[C@@H](C[C@@H]3CCNC3=O)C(=O)N(C)OC)C3CCCC3)cc12. The second kappa shape index (κ2) is 11.6. The van der Waals surface area contributed by atoms with Gasteiger partial charge < -0.3 is 25.7 Å². The van der Waals surface area contributed by atoms with E-state index in [0.29, 0.717) is 24.4 Å². The molecule has 0 spiro atoms. The van der Waals surface area contributed by atoms with Gasteiger partial charge in [0.15, 0.2) is 0 Å². The average molecular weight is 514 g/mol. The van der Waals surface area contributed by atoms with E-state index in [9.17, 15) is 19.2 Å². The number of hydrogen-bond acceptors (Lipinski definition) is 6. The number of nitrogens with zero attached hydrogens (tertiary/aromatic N) is 1. The molecule has 37 heavy (non-hydrogen) atoms. The van der Waals surface area contributed by atoms with Gasteiger partial charge >= 0.3 is 0 Å². The van der Waals surface area contributed by atoms with Gasteiger partial charge in [0.25, 0.3) is 11.8 Å². The first-order chi connectivity index (χ1) is 17.8. The Morgan fingerprint density at radius 1 is 1.14 bits per heavy atom. The van der Waals surface area contributed by atoms with Crippen LogP contribution in [0.3, 0.4) is 0 Å². The number of ether oxygens (including phenoxy) is 1. The predicted molar refractivity (Wildman–Crippen MR) is 136 cm³/mol. The number of amides is 4. The normalized spacial score (nSPS) is 19.3. The lowest BCUT2D eigenvalue weighted by atomic mass is 9.94. The quantitative estimate of drug-likeness (QED) is 0.355. The molecule has 4 N–H and O–H groups in total. The number of H-pyrrole nitrogens is 1. The Morgan fingerprint density at radius 2 is 1.89 bits per heavy atom. The summed E-state index contributed by atoms with van der Waals surface area (Å²) in [5.41, 5.74) is 1.05. The minimum absolute atomic E-state index is 0.0615. The fraction of sp³-hybridized carbons (Fsp3) is 0.538. The number of nitrogens with one attached hydrogen (secondary N) is 4. The lowest BCUT2D eigenvalue weighted by molar-refractivity contribution is -0.172. The Morgan fingerprint density at radius 3 is 2.54 bits per heavy atom. The number of rotatable bonds is 10. The molecule has 11 nitrogen and oxygen atoms in total. The highest BCUT2D eigenvalue weighted by Crippen LogP contribution is 2.29. The molecule has 11 heteroatoms. The highest BCUT2D eigenvalue weighted by molar-refractivity contribution is 6.02. The topological polar surface area (TPSA) is 142 Å². The fourth-order valence-electron chi connectivity index (χ4n) is 5.28. The van der Waals surface area contributed by atoms with Crippen molar-refractivity contribution in [2.24, 2.45) is 11.8 Å². The van der Waals surface area contributed by atoms with Gasteiger partial charge in [-0.25, -0.2) is 5.06 Å². The van der Waals surface area contributed by atoms with E-state index in [1.54, 1.807) is 13.2 Å². The summed E-state index contributed by atoms with van der Waals surface area (Å²) in [4.78, 5) is 60.2. The minimum Gasteiger partial charge on any atom is -0.496 e. The van der Waals surface area contributed by atoms with Crippen LogP contribution in [0, 0.1) is 11.8 Å². The third-order valence-electron chi connectivity index (χ3n) is 7.41. The number of hydroxylamine groups is 2. The number of aromatic nitrogens is 1. The molecule has 1 saturated carbocycles. The molecule has 2 heterocycles. The Hall–Kier alpha value is -3.60. The van der Waals surface area contributed by atoms with Crippen molar-refractivity contribution in [2.45, 2.75) is 50.6 Å². The van der Waals surface area contributed by atoms with E-state index in [-0.39, 0.29) is 24.2 Å². The number of likely N-dealkylation sites (N-methyl/N-ethyl adjacent to an activating group) is 1. The molecule has 1 aromatic carbocycles. The summed E-state index contributed by atoms with van der Waals surface area (Å²) >= 11 is 0. The average Bonchev–Trinajstić information content (AvgIpc) is 3.67. The van der Waals surface area contributed by atoms with Gasteiger partial charge in [-0.15, -0.1) is 0 Å². The molecule has 4 rings (SSSR count). The van der Waals surface area contributed by atoms with Crippen molar-refractivity contribution < 1.29 is 28.8 Å². The maximum Gasteiger partial charge on any atom is 0.268 e. The minimum atomic E-state index is -0.968. The van der Waals surface area contributed by atoms with Crippen LogP contribution in [0.5, 0.6) is 5.75 Å². The van der Waals surface area contributed by atoms with Gasteiger partial charge in [0.2, 0.25) is 11.8 Å². The van der Waals surface area contributed by atoms with Gasteiger partial charge in [-0.1, -0.05) is 18.9 Å². The van der Waals surface area contributed by atoms with Gasteiger partial charge in [-0.05, 0) is 49.8 Å². The van der Waals surface area contributed by atoms with E-state index in [0.717, 1.165) is 41.6 Å². The number of carbonyl (C=O) groups excluding carboxylic acids is 4. The molecule has 1 saturated heterocycles. The molecular formula is C26H35N5O6. The van der Waals surface area contributed by atoms with E-state index < -0.39 is 29.8 Å². The van der Waals surface area contributed by atoms with Crippen LogP contribution >= 0.6 is 0 Å². The third kappa shape index (κ3) is 5.87. The van der Waals surface area contributed by atoms with E-state index in [1.807, 2.05) is 18.2 Å². The first kappa shape index (κ1) is 26.5. The van der Waals surface area contributed by atoms with Gasteiger partial charge in [0.05, 0.1) is 14.2 Å². The van der Waals surface area contributed by atoms with Crippen molar-refractivity contribution in [3.63, 3.8) is 0 Å². The van der Waals surface area contributed by atoms with Gasteiger partial charge in [-0.3, -0.25) is 24.0 Å². The molecule has 0 radical (unpaired) electrons.